The molecule has 1 amide bonds. The quantitative estimate of drug-likeness (QED) is 0.0199. The zero-order valence-corrected chi connectivity index (χ0v) is 55.8. The zero-order chi connectivity index (χ0) is 66.1. The van der Waals surface area contributed by atoms with Crippen molar-refractivity contribution in [3.8, 4) is 0 Å². The van der Waals surface area contributed by atoms with Gasteiger partial charge in [-0.1, -0.05) is 247 Å². The molecule has 0 aliphatic carbocycles. The first-order valence-corrected chi connectivity index (χ1v) is 35.7. The van der Waals surface area contributed by atoms with E-state index in [1.54, 1.807) is 0 Å². The number of aliphatic hydroxyl groups excluding tert-OH is 11. The predicted molar refractivity (Wildman–Crippen MR) is 355 cm³/mol. The number of carbonyl (C=O) groups is 1. The van der Waals surface area contributed by atoms with E-state index in [9.17, 15) is 61.0 Å². The highest BCUT2D eigenvalue weighted by molar-refractivity contribution is 5.76. The maximum atomic E-state index is 13.4. The molecule has 0 saturated carbocycles. The Kier molecular flexibility index (Phi) is 48.4. The van der Waals surface area contributed by atoms with Crippen molar-refractivity contribution >= 4 is 5.91 Å². The second-order valence-corrected chi connectivity index (χ2v) is 25.3. The van der Waals surface area contributed by atoms with E-state index in [0.29, 0.717) is 12.8 Å². The molecule has 0 radical (unpaired) electrons. The second kappa shape index (κ2) is 53.4. The molecule has 19 heteroatoms. The van der Waals surface area contributed by atoms with E-state index in [2.05, 4.69) is 92.1 Å². The molecular weight excluding hydrogens is 1170 g/mol. The van der Waals surface area contributed by atoms with Gasteiger partial charge >= 0.3 is 0 Å². The van der Waals surface area contributed by atoms with Crippen LogP contribution in [-0.2, 0) is 33.2 Å². The fourth-order valence-corrected chi connectivity index (χ4v) is 11.8. The average Bonchev–Trinajstić information content (AvgIpc) is 0.883. The molecule has 0 spiro atoms. The van der Waals surface area contributed by atoms with Crippen molar-refractivity contribution in [2.24, 2.45) is 0 Å². The van der Waals surface area contributed by atoms with Crippen molar-refractivity contribution in [2.45, 2.75) is 349 Å². The predicted octanol–water partition coefficient (Wildman–Crippen LogP) is 9.72. The molecule has 3 rings (SSSR count). The normalized spacial score (nSPS) is 28.3. The summed E-state index contributed by atoms with van der Waals surface area (Å²) < 4.78 is 34.4. The van der Waals surface area contributed by atoms with Gasteiger partial charge in [0.05, 0.1) is 38.6 Å². The van der Waals surface area contributed by atoms with E-state index in [-0.39, 0.29) is 18.9 Å². The SMILES string of the molecule is CC/C=C\C/C=C\C/C=C\C/C=C\C/C=C\C/C=C\CCCCCCC(=O)NC(COC1OC(CO)C(OC2OC(CO)C(OC3OC(CO)C(O)C(O)C3O)C(O)C2O)C(O)C1O)C(O)CCCCCCCCCCCCCCCCCCCCCCCCC. The van der Waals surface area contributed by atoms with Gasteiger partial charge in [-0.2, -0.15) is 0 Å². The summed E-state index contributed by atoms with van der Waals surface area (Å²) in [6.07, 6.45) is 39.7. The largest absolute Gasteiger partial charge is 0.394 e. The molecule has 91 heavy (non-hydrogen) atoms. The average molecular weight is 1290 g/mol. The first-order chi connectivity index (χ1) is 44.3. The summed E-state index contributed by atoms with van der Waals surface area (Å²) in [5, 5.41) is 121. The van der Waals surface area contributed by atoms with Crippen LogP contribution in [0, 0.1) is 0 Å². The Morgan fingerprint density at radius 3 is 1.19 bits per heavy atom. The minimum absolute atomic E-state index is 0.233. The summed E-state index contributed by atoms with van der Waals surface area (Å²) in [5.41, 5.74) is 0. The first kappa shape index (κ1) is 82.5. The topological polar surface area (TPSA) is 307 Å². The Hall–Kier alpha value is -2.77. The molecule has 17 atom stereocenters. The minimum atomic E-state index is -1.98. The molecule has 3 aliphatic rings. The molecule has 0 aromatic rings. The van der Waals surface area contributed by atoms with Crippen molar-refractivity contribution < 1.29 is 89.4 Å². The van der Waals surface area contributed by atoms with Crippen molar-refractivity contribution in [1.29, 1.82) is 0 Å². The van der Waals surface area contributed by atoms with Crippen LogP contribution in [0.2, 0.25) is 0 Å². The minimum Gasteiger partial charge on any atom is -0.394 e. The summed E-state index contributed by atoms with van der Waals surface area (Å²) in [6, 6.07) is -0.907. The molecule has 528 valence electrons. The Balaban J connectivity index is 1.44. The van der Waals surface area contributed by atoms with Crippen LogP contribution < -0.4 is 5.32 Å². The Bertz CT molecular complexity index is 1930. The highest BCUT2D eigenvalue weighted by atomic mass is 16.8. The molecule has 3 aliphatic heterocycles. The summed E-state index contributed by atoms with van der Waals surface area (Å²) in [4.78, 5) is 13.4. The lowest BCUT2D eigenvalue weighted by atomic mass is 9.96. The van der Waals surface area contributed by atoms with E-state index in [1.807, 2.05) is 0 Å². The van der Waals surface area contributed by atoms with Crippen LogP contribution in [-0.4, -0.2) is 193 Å². The molecule has 3 heterocycles. The van der Waals surface area contributed by atoms with Gasteiger partial charge in [-0.15, -0.1) is 0 Å². The number of carbonyl (C=O) groups excluding carboxylic acids is 1. The van der Waals surface area contributed by atoms with E-state index in [1.165, 1.54) is 122 Å². The van der Waals surface area contributed by atoms with Crippen molar-refractivity contribution in [3.63, 3.8) is 0 Å². The third kappa shape index (κ3) is 35.2. The molecular formula is C72H127NO18. The van der Waals surface area contributed by atoms with Gasteiger partial charge in [0.2, 0.25) is 5.91 Å². The van der Waals surface area contributed by atoms with Crippen LogP contribution in [0.3, 0.4) is 0 Å². The summed E-state index contributed by atoms with van der Waals surface area (Å²) >= 11 is 0. The summed E-state index contributed by atoms with van der Waals surface area (Å²) in [5.74, 6) is -0.268. The van der Waals surface area contributed by atoms with Gasteiger partial charge in [-0.25, -0.2) is 0 Å². The van der Waals surface area contributed by atoms with E-state index >= 15 is 0 Å². The maximum absolute atomic E-state index is 13.4. The van der Waals surface area contributed by atoms with Gasteiger partial charge in [0.25, 0.3) is 0 Å². The van der Waals surface area contributed by atoms with Crippen molar-refractivity contribution in [2.75, 3.05) is 26.4 Å². The molecule has 0 aromatic heterocycles. The highest BCUT2D eigenvalue weighted by Gasteiger charge is 2.53. The summed E-state index contributed by atoms with van der Waals surface area (Å²) in [7, 11) is 0. The number of hydrogen-bond donors (Lipinski definition) is 12. The molecule has 3 fully saturated rings. The number of rotatable bonds is 54. The molecule has 19 nitrogen and oxygen atoms in total. The van der Waals surface area contributed by atoms with Gasteiger partial charge in [0, 0.05) is 6.42 Å². The van der Waals surface area contributed by atoms with Gasteiger partial charge in [-0.3, -0.25) is 4.79 Å². The smallest absolute Gasteiger partial charge is 0.220 e. The molecule has 3 saturated heterocycles. The van der Waals surface area contributed by atoms with E-state index in [0.717, 1.165) is 89.9 Å². The summed E-state index contributed by atoms with van der Waals surface area (Å²) in [6.45, 7) is 1.68. The van der Waals surface area contributed by atoms with Crippen molar-refractivity contribution in [3.05, 3.63) is 72.9 Å². The van der Waals surface area contributed by atoms with Crippen LogP contribution in [0.15, 0.2) is 72.9 Å². The lowest BCUT2D eigenvalue weighted by Crippen LogP contribution is -2.66. The molecule has 12 N–H and O–H groups in total. The number of aliphatic hydroxyl groups is 11. The number of ether oxygens (including phenoxy) is 6. The van der Waals surface area contributed by atoms with Crippen LogP contribution in [0.5, 0.6) is 0 Å². The van der Waals surface area contributed by atoms with Crippen LogP contribution >= 0.6 is 0 Å². The first-order valence-electron chi connectivity index (χ1n) is 35.7. The third-order valence-corrected chi connectivity index (χ3v) is 17.5. The van der Waals surface area contributed by atoms with Crippen LogP contribution in [0.25, 0.3) is 0 Å². The number of amides is 1. The molecule has 17 unspecified atom stereocenters. The van der Waals surface area contributed by atoms with Gasteiger partial charge in [-0.05, 0) is 64.2 Å². The second-order valence-electron chi connectivity index (χ2n) is 25.3. The molecule has 0 bridgehead atoms. The van der Waals surface area contributed by atoms with Crippen LogP contribution in [0.1, 0.15) is 245 Å². The standard InChI is InChI=1S/C72H127NO18/c1-3-5-7-9-11-13-15-17-19-21-23-25-27-29-31-33-35-37-39-41-43-45-47-49-56(77)55(73-60(78)50-48-46-44-42-40-38-36-34-32-30-28-26-24-22-20-18-16-14-12-10-8-6-4-2)54-86-70-66(84)63(81)68(58(52-75)88-70)91-72-67(85)64(82)69(59(53-76)89-72)90-71-65(83)62(80)61(79)57(51-74)87-71/h6,8,12,14,18,20,24,26,30,32,36,38,55-59,61-72,74-77,79-85H,3-5,7,9-11,13,15-17,19,21-23,25,27-29,31,33-35,37,39-54H2,1-2H3,(H,73,78)/b8-6-,14-12-,20-18-,26-24-,32-30-,38-36-. The van der Waals surface area contributed by atoms with Crippen LogP contribution in [0.4, 0.5) is 0 Å². The highest BCUT2D eigenvalue weighted by Crippen LogP contribution is 2.33. The number of hydrogen-bond acceptors (Lipinski definition) is 18. The Labute approximate surface area is 547 Å². The maximum Gasteiger partial charge on any atom is 0.220 e. The van der Waals surface area contributed by atoms with Gasteiger partial charge in [0.1, 0.15) is 73.2 Å². The van der Waals surface area contributed by atoms with E-state index in [4.69, 9.17) is 28.4 Å². The van der Waals surface area contributed by atoms with Gasteiger partial charge in [0.15, 0.2) is 18.9 Å². The molecule has 0 aromatic carbocycles. The number of unbranched alkanes of at least 4 members (excludes halogenated alkanes) is 26. The lowest BCUT2D eigenvalue weighted by molar-refractivity contribution is -0.379. The van der Waals surface area contributed by atoms with Crippen molar-refractivity contribution in [1.82, 2.24) is 5.32 Å². The zero-order valence-electron chi connectivity index (χ0n) is 55.8. The third-order valence-electron chi connectivity index (χ3n) is 17.5. The van der Waals surface area contributed by atoms with E-state index < -0.39 is 124 Å². The Morgan fingerprint density at radius 1 is 0.407 bits per heavy atom. The monoisotopic (exact) mass is 1290 g/mol. The number of allylic oxidation sites excluding steroid dienone is 12. The number of nitrogens with one attached hydrogen (secondary N) is 1. The lowest BCUT2D eigenvalue weighted by Gasteiger charge is -2.48. The Morgan fingerprint density at radius 2 is 0.758 bits per heavy atom. The fourth-order valence-electron chi connectivity index (χ4n) is 11.8. The van der Waals surface area contributed by atoms with Gasteiger partial charge < -0.3 is 89.9 Å². The fraction of sp³-hybridized carbons (Fsp3) is 0.819.